The van der Waals surface area contributed by atoms with Gasteiger partial charge in [0.2, 0.25) is 0 Å². The maximum absolute atomic E-state index is 3.47. The second kappa shape index (κ2) is 13.0. The van der Waals surface area contributed by atoms with Crippen molar-refractivity contribution in [3.8, 4) is 0 Å². The van der Waals surface area contributed by atoms with Gasteiger partial charge in [-0.3, -0.25) is 0 Å². The van der Waals surface area contributed by atoms with Gasteiger partial charge in [0.1, 0.15) is 0 Å². The molecule has 1 N–H and O–H groups in total. The lowest BCUT2D eigenvalue weighted by molar-refractivity contribution is 0.605. The van der Waals surface area contributed by atoms with Crippen LogP contribution in [-0.2, 0) is 12.8 Å². The van der Waals surface area contributed by atoms with E-state index in [1.54, 1.807) is 0 Å². The molecule has 0 spiro atoms. The van der Waals surface area contributed by atoms with E-state index in [-0.39, 0.29) is 0 Å². The van der Waals surface area contributed by atoms with Gasteiger partial charge < -0.3 is 4.98 Å². The molecule has 1 heterocycles. The summed E-state index contributed by atoms with van der Waals surface area (Å²) in [6.45, 7) is 4.56. The largest absolute Gasteiger partial charge is 0.365 e. The van der Waals surface area contributed by atoms with Crippen LogP contribution in [-0.4, -0.2) is 4.98 Å². The molecule has 1 heteroatoms. The van der Waals surface area contributed by atoms with Crippen molar-refractivity contribution in [2.75, 3.05) is 0 Å². The second-order valence-electron chi connectivity index (χ2n) is 6.57. The van der Waals surface area contributed by atoms with Crippen LogP contribution in [0.1, 0.15) is 102 Å². The molecule has 0 bridgehead atoms. The van der Waals surface area contributed by atoms with E-state index < -0.39 is 0 Å². The van der Waals surface area contributed by atoms with E-state index in [1.807, 2.05) is 0 Å². The highest BCUT2D eigenvalue weighted by atomic mass is 14.7. The van der Waals surface area contributed by atoms with Gasteiger partial charge in [0, 0.05) is 11.9 Å². The maximum Gasteiger partial charge on any atom is 0.0149 e. The average molecular weight is 292 g/mol. The fourth-order valence-electron chi connectivity index (χ4n) is 2.99. The lowest BCUT2D eigenvalue weighted by Crippen LogP contribution is -1.86. The molecule has 0 saturated carbocycles. The van der Waals surface area contributed by atoms with Crippen molar-refractivity contribution in [2.45, 2.75) is 104 Å². The van der Waals surface area contributed by atoms with Crippen molar-refractivity contribution in [3.63, 3.8) is 0 Å². The minimum atomic E-state index is 1.24. The number of aromatic nitrogens is 1. The second-order valence-corrected chi connectivity index (χ2v) is 6.57. The molecule has 1 rings (SSSR count). The fraction of sp³-hybridized carbons (Fsp3) is 0.800. The third-order valence-electron chi connectivity index (χ3n) is 4.42. The Bertz CT molecular complexity index is 296. The first-order valence-electron chi connectivity index (χ1n) is 9.53. The molecule has 0 aromatic carbocycles. The topological polar surface area (TPSA) is 15.8 Å². The Kier molecular flexibility index (Phi) is 11.3. The van der Waals surface area contributed by atoms with Crippen molar-refractivity contribution in [1.29, 1.82) is 0 Å². The number of rotatable bonds is 14. The van der Waals surface area contributed by atoms with Crippen LogP contribution in [0.3, 0.4) is 0 Å². The van der Waals surface area contributed by atoms with Gasteiger partial charge in [0.25, 0.3) is 0 Å². The Balaban J connectivity index is 2.01. The summed E-state index contributed by atoms with van der Waals surface area (Å²) in [5.41, 5.74) is 2.97. The van der Waals surface area contributed by atoms with Crippen LogP contribution < -0.4 is 0 Å². The summed E-state index contributed by atoms with van der Waals surface area (Å²) in [4.78, 5) is 3.47. The van der Waals surface area contributed by atoms with Crippen LogP contribution in [0.2, 0.25) is 0 Å². The van der Waals surface area contributed by atoms with Gasteiger partial charge in [-0.1, -0.05) is 78.1 Å². The maximum atomic E-state index is 3.47. The van der Waals surface area contributed by atoms with Gasteiger partial charge in [-0.2, -0.15) is 0 Å². The van der Waals surface area contributed by atoms with Crippen LogP contribution in [0, 0.1) is 0 Å². The van der Waals surface area contributed by atoms with E-state index in [1.165, 1.54) is 101 Å². The average Bonchev–Trinajstić information content (AvgIpc) is 2.94. The molecule has 0 unspecified atom stereocenters. The van der Waals surface area contributed by atoms with Gasteiger partial charge in [0.05, 0.1) is 0 Å². The van der Waals surface area contributed by atoms with Crippen molar-refractivity contribution < 1.29 is 0 Å². The van der Waals surface area contributed by atoms with Crippen molar-refractivity contribution in [3.05, 3.63) is 23.5 Å². The molecule has 122 valence electrons. The number of hydrogen-bond donors (Lipinski definition) is 1. The Morgan fingerprint density at radius 2 is 1.19 bits per heavy atom. The molecule has 0 amide bonds. The molecule has 0 saturated heterocycles. The minimum Gasteiger partial charge on any atom is -0.365 e. The van der Waals surface area contributed by atoms with Crippen molar-refractivity contribution >= 4 is 0 Å². The zero-order valence-corrected chi connectivity index (χ0v) is 14.6. The number of hydrogen-bond acceptors (Lipinski definition) is 0. The number of nitrogens with one attached hydrogen (secondary N) is 1. The van der Waals surface area contributed by atoms with E-state index in [4.69, 9.17) is 0 Å². The minimum absolute atomic E-state index is 1.24. The quantitative estimate of drug-likeness (QED) is 0.362. The molecule has 1 aromatic heterocycles. The Morgan fingerprint density at radius 1 is 0.667 bits per heavy atom. The SMILES string of the molecule is CCCCCCCCc1c[nH]c(CCCCCCCC)c1. The number of unbranched alkanes of at least 4 members (excludes halogenated alkanes) is 10. The first-order valence-corrected chi connectivity index (χ1v) is 9.53. The van der Waals surface area contributed by atoms with E-state index in [2.05, 4.69) is 31.1 Å². The Labute approximate surface area is 132 Å². The predicted molar refractivity (Wildman–Crippen MR) is 95.0 cm³/mol. The van der Waals surface area contributed by atoms with E-state index >= 15 is 0 Å². The van der Waals surface area contributed by atoms with Gasteiger partial charge in [-0.15, -0.1) is 0 Å². The summed E-state index contributed by atoms with van der Waals surface area (Å²) in [6.07, 6.45) is 21.4. The predicted octanol–water partition coefficient (Wildman–Crippen LogP) is 6.82. The highest BCUT2D eigenvalue weighted by Crippen LogP contribution is 2.13. The van der Waals surface area contributed by atoms with E-state index in [0.717, 1.165) is 0 Å². The number of aryl methyl sites for hydroxylation is 2. The summed E-state index contributed by atoms with van der Waals surface area (Å²) in [5, 5.41) is 0. The Morgan fingerprint density at radius 3 is 1.81 bits per heavy atom. The van der Waals surface area contributed by atoms with Crippen LogP contribution in [0.15, 0.2) is 12.3 Å². The van der Waals surface area contributed by atoms with Crippen molar-refractivity contribution in [2.24, 2.45) is 0 Å². The third kappa shape index (κ3) is 9.77. The fourth-order valence-corrected chi connectivity index (χ4v) is 2.99. The molecular formula is C20H37N. The van der Waals surface area contributed by atoms with Crippen LogP contribution >= 0.6 is 0 Å². The number of aromatic amines is 1. The van der Waals surface area contributed by atoms with Gasteiger partial charge in [-0.25, -0.2) is 0 Å². The smallest absolute Gasteiger partial charge is 0.0149 e. The van der Waals surface area contributed by atoms with Gasteiger partial charge in [-0.05, 0) is 37.3 Å². The first kappa shape index (κ1) is 18.3. The standard InChI is InChI=1S/C20H37N/c1-3-5-7-9-11-13-15-19-17-20(21-18-19)16-14-12-10-8-6-4-2/h17-18,21H,3-16H2,1-2H3. The molecule has 0 aliphatic carbocycles. The molecule has 1 aromatic rings. The lowest BCUT2D eigenvalue weighted by Gasteiger charge is -2.00. The highest BCUT2D eigenvalue weighted by Gasteiger charge is 2.00. The molecule has 0 atom stereocenters. The molecule has 21 heavy (non-hydrogen) atoms. The highest BCUT2D eigenvalue weighted by molar-refractivity contribution is 5.16. The molecule has 0 aliphatic rings. The van der Waals surface area contributed by atoms with Gasteiger partial charge in [0.15, 0.2) is 0 Å². The molecule has 0 aliphatic heterocycles. The summed E-state index contributed by atoms with van der Waals surface area (Å²) in [7, 11) is 0. The Hall–Kier alpha value is -0.720. The number of H-pyrrole nitrogens is 1. The zero-order chi connectivity index (χ0) is 15.2. The summed E-state index contributed by atoms with van der Waals surface area (Å²) in [5.74, 6) is 0. The van der Waals surface area contributed by atoms with E-state index in [9.17, 15) is 0 Å². The molecule has 0 radical (unpaired) electrons. The third-order valence-corrected chi connectivity index (χ3v) is 4.42. The lowest BCUT2D eigenvalue weighted by atomic mass is 10.1. The summed E-state index contributed by atoms with van der Waals surface area (Å²) < 4.78 is 0. The zero-order valence-electron chi connectivity index (χ0n) is 14.6. The molecule has 1 nitrogen and oxygen atoms in total. The summed E-state index contributed by atoms with van der Waals surface area (Å²) in [6, 6.07) is 2.40. The van der Waals surface area contributed by atoms with Crippen LogP contribution in [0.4, 0.5) is 0 Å². The monoisotopic (exact) mass is 291 g/mol. The van der Waals surface area contributed by atoms with Gasteiger partial charge >= 0.3 is 0 Å². The van der Waals surface area contributed by atoms with Crippen molar-refractivity contribution in [1.82, 2.24) is 4.98 Å². The molecular weight excluding hydrogens is 254 g/mol. The normalized spacial score (nSPS) is 11.1. The first-order chi connectivity index (χ1) is 10.4. The van der Waals surface area contributed by atoms with Crippen LogP contribution in [0.25, 0.3) is 0 Å². The van der Waals surface area contributed by atoms with Crippen LogP contribution in [0.5, 0.6) is 0 Å². The molecule has 0 fully saturated rings. The van der Waals surface area contributed by atoms with E-state index in [0.29, 0.717) is 0 Å². The summed E-state index contributed by atoms with van der Waals surface area (Å²) >= 11 is 0.